The number of hydrogen-bond acceptors (Lipinski definition) is 5. The number of carboxylic acid groups (broad SMARTS) is 1. The van der Waals surface area contributed by atoms with Gasteiger partial charge in [0.2, 0.25) is 11.8 Å². The zero-order chi connectivity index (χ0) is 13.5. The minimum Gasteiger partial charge on any atom is -0.480 e. The van der Waals surface area contributed by atoms with Gasteiger partial charge in [0.1, 0.15) is 13.2 Å². The van der Waals surface area contributed by atoms with Crippen molar-refractivity contribution in [1.29, 1.82) is 0 Å². The molecule has 2 rings (SSSR count). The van der Waals surface area contributed by atoms with Gasteiger partial charge < -0.3 is 14.3 Å². The normalized spacial score (nSPS) is 17.3. The van der Waals surface area contributed by atoms with Gasteiger partial charge in [0.25, 0.3) is 0 Å². The van der Waals surface area contributed by atoms with E-state index in [2.05, 4.69) is 10.2 Å². The van der Waals surface area contributed by atoms with E-state index < -0.39 is 5.97 Å². The quantitative estimate of drug-likeness (QED) is 0.796. The Labute approximate surface area is 112 Å². The molecule has 0 saturated heterocycles. The summed E-state index contributed by atoms with van der Waals surface area (Å²) in [6.45, 7) is -0.287. The second-order valence-corrected chi connectivity index (χ2v) is 5.04. The SMILES string of the molecule is O=C(O)COCc1nnc(CC2CCCCCC2)o1. The molecule has 0 bridgehead atoms. The van der Waals surface area contributed by atoms with E-state index in [4.69, 9.17) is 14.3 Å². The Bertz CT molecular complexity index is 397. The van der Waals surface area contributed by atoms with Crippen LogP contribution in [0.4, 0.5) is 0 Å². The smallest absolute Gasteiger partial charge is 0.329 e. The monoisotopic (exact) mass is 268 g/mol. The van der Waals surface area contributed by atoms with Crippen molar-refractivity contribution in [2.75, 3.05) is 6.61 Å². The van der Waals surface area contributed by atoms with E-state index in [9.17, 15) is 4.79 Å². The highest BCUT2D eigenvalue weighted by molar-refractivity contribution is 5.67. The van der Waals surface area contributed by atoms with Crippen LogP contribution >= 0.6 is 0 Å². The third-order valence-electron chi connectivity index (χ3n) is 3.40. The van der Waals surface area contributed by atoms with Gasteiger partial charge in [0, 0.05) is 6.42 Å². The summed E-state index contributed by atoms with van der Waals surface area (Å²) in [4.78, 5) is 10.3. The van der Waals surface area contributed by atoms with E-state index in [1.54, 1.807) is 0 Å². The summed E-state index contributed by atoms with van der Waals surface area (Å²) < 4.78 is 10.4. The predicted octanol–water partition coefficient (Wildman–Crippen LogP) is 2.18. The number of rotatable bonds is 6. The molecule has 1 heterocycles. The van der Waals surface area contributed by atoms with E-state index in [1.165, 1.54) is 38.5 Å². The highest BCUT2D eigenvalue weighted by atomic mass is 16.5. The third-order valence-corrected chi connectivity index (χ3v) is 3.40. The highest BCUT2D eigenvalue weighted by Crippen LogP contribution is 2.25. The lowest BCUT2D eigenvalue weighted by Gasteiger charge is -2.10. The largest absolute Gasteiger partial charge is 0.480 e. The maximum atomic E-state index is 10.3. The molecule has 19 heavy (non-hydrogen) atoms. The molecular formula is C13H20N2O4. The molecule has 0 aliphatic heterocycles. The standard InChI is InChI=1S/C13H20N2O4/c16-13(17)9-18-8-12-15-14-11(19-12)7-10-5-3-1-2-4-6-10/h10H,1-9H2,(H,16,17). The van der Waals surface area contributed by atoms with Crippen molar-refractivity contribution in [2.45, 2.75) is 51.6 Å². The van der Waals surface area contributed by atoms with Crippen LogP contribution in [0.25, 0.3) is 0 Å². The van der Waals surface area contributed by atoms with Gasteiger partial charge in [-0.1, -0.05) is 25.7 Å². The number of nitrogens with zero attached hydrogens (tertiary/aromatic N) is 2. The molecule has 6 heteroatoms. The minimum absolute atomic E-state index is 0.0595. The molecule has 6 nitrogen and oxygen atoms in total. The Hall–Kier alpha value is -1.43. The summed E-state index contributed by atoms with van der Waals surface area (Å²) in [7, 11) is 0. The Balaban J connectivity index is 1.77. The van der Waals surface area contributed by atoms with Crippen molar-refractivity contribution in [3.05, 3.63) is 11.8 Å². The Morgan fingerprint density at radius 1 is 1.21 bits per heavy atom. The van der Waals surface area contributed by atoms with Crippen LogP contribution in [0.2, 0.25) is 0 Å². The molecule has 106 valence electrons. The number of carboxylic acids is 1. The lowest BCUT2D eigenvalue weighted by molar-refractivity contribution is -0.142. The van der Waals surface area contributed by atoms with E-state index in [1.807, 2.05) is 0 Å². The summed E-state index contributed by atoms with van der Waals surface area (Å²) in [5, 5.41) is 16.3. The van der Waals surface area contributed by atoms with E-state index >= 15 is 0 Å². The fourth-order valence-corrected chi connectivity index (χ4v) is 2.47. The van der Waals surface area contributed by atoms with Gasteiger partial charge in [-0.15, -0.1) is 10.2 Å². The average molecular weight is 268 g/mol. The van der Waals surface area contributed by atoms with Crippen LogP contribution < -0.4 is 0 Å². The molecule has 1 aromatic heterocycles. The molecule has 0 amide bonds. The van der Waals surface area contributed by atoms with Crippen LogP contribution in [-0.4, -0.2) is 27.9 Å². The first-order chi connectivity index (χ1) is 9.24. The Kier molecular flexibility index (Phi) is 5.32. The van der Waals surface area contributed by atoms with Crippen molar-refractivity contribution >= 4 is 5.97 Å². The second-order valence-electron chi connectivity index (χ2n) is 5.04. The van der Waals surface area contributed by atoms with Crippen molar-refractivity contribution < 1.29 is 19.1 Å². The highest BCUT2D eigenvalue weighted by Gasteiger charge is 2.16. The van der Waals surface area contributed by atoms with E-state index in [0.29, 0.717) is 17.7 Å². The van der Waals surface area contributed by atoms with Crippen LogP contribution in [0.15, 0.2) is 4.42 Å². The van der Waals surface area contributed by atoms with Crippen molar-refractivity contribution in [2.24, 2.45) is 5.92 Å². The van der Waals surface area contributed by atoms with Crippen LogP contribution in [0.5, 0.6) is 0 Å². The van der Waals surface area contributed by atoms with Crippen LogP contribution in [0, 0.1) is 5.92 Å². The third kappa shape index (κ3) is 4.98. The topological polar surface area (TPSA) is 85.5 Å². The zero-order valence-corrected chi connectivity index (χ0v) is 11.0. The van der Waals surface area contributed by atoms with Crippen molar-refractivity contribution in [3.8, 4) is 0 Å². The predicted molar refractivity (Wildman–Crippen MR) is 66.5 cm³/mol. The van der Waals surface area contributed by atoms with E-state index in [-0.39, 0.29) is 13.2 Å². The summed E-state index contributed by atoms with van der Waals surface area (Å²) in [6, 6.07) is 0. The second kappa shape index (κ2) is 7.23. The summed E-state index contributed by atoms with van der Waals surface area (Å²) >= 11 is 0. The van der Waals surface area contributed by atoms with Gasteiger partial charge in [0.05, 0.1) is 0 Å². The molecular weight excluding hydrogens is 248 g/mol. The van der Waals surface area contributed by atoms with Crippen molar-refractivity contribution in [1.82, 2.24) is 10.2 Å². The molecule has 0 aromatic carbocycles. The number of aliphatic carboxylic acids is 1. The molecule has 0 unspecified atom stereocenters. The lowest BCUT2D eigenvalue weighted by Crippen LogP contribution is -2.06. The van der Waals surface area contributed by atoms with Crippen LogP contribution in [0.3, 0.4) is 0 Å². The molecule has 0 radical (unpaired) electrons. The van der Waals surface area contributed by atoms with Gasteiger partial charge >= 0.3 is 5.97 Å². The molecule has 1 fully saturated rings. The number of hydrogen-bond donors (Lipinski definition) is 1. The van der Waals surface area contributed by atoms with Gasteiger partial charge in [-0.2, -0.15) is 0 Å². The molecule has 0 atom stereocenters. The van der Waals surface area contributed by atoms with Crippen molar-refractivity contribution in [3.63, 3.8) is 0 Å². The summed E-state index contributed by atoms with van der Waals surface area (Å²) in [5.41, 5.74) is 0. The fraction of sp³-hybridized carbons (Fsp3) is 0.769. The molecule has 1 saturated carbocycles. The van der Waals surface area contributed by atoms with Gasteiger partial charge in [-0.05, 0) is 18.8 Å². The van der Waals surface area contributed by atoms with Crippen LogP contribution in [0.1, 0.15) is 50.3 Å². The Morgan fingerprint density at radius 2 is 1.89 bits per heavy atom. The lowest BCUT2D eigenvalue weighted by atomic mass is 9.97. The minimum atomic E-state index is -1.00. The molecule has 0 spiro atoms. The molecule has 1 aromatic rings. The first-order valence-corrected chi connectivity index (χ1v) is 6.85. The summed E-state index contributed by atoms with van der Waals surface area (Å²) in [5.74, 6) is 0.625. The molecule has 1 aliphatic rings. The molecule has 1 aliphatic carbocycles. The average Bonchev–Trinajstić information content (AvgIpc) is 2.65. The van der Waals surface area contributed by atoms with E-state index in [0.717, 1.165) is 6.42 Å². The maximum absolute atomic E-state index is 10.3. The molecule has 1 N–H and O–H groups in total. The first kappa shape index (κ1) is 14.0. The first-order valence-electron chi connectivity index (χ1n) is 6.85. The zero-order valence-electron chi connectivity index (χ0n) is 11.0. The Morgan fingerprint density at radius 3 is 2.58 bits per heavy atom. The fourth-order valence-electron chi connectivity index (χ4n) is 2.47. The number of carbonyl (C=O) groups is 1. The maximum Gasteiger partial charge on any atom is 0.329 e. The summed E-state index contributed by atoms with van der Waals surface area (Å²) in [6.07, 6.45) is 8.51. The van der Waals surface area contributed by atoms with Gasteiger partial charge in [0.15, 0.2) is 0 Å². The van der Waals surface area contributed by atoms with Crippen LogP contribution in [-0.2, 0) is 22.6 Å². The van der Waals surface area contributed by atoms with Gasteiger partial charge in [-0.3, -0.25) is 0 Å². The number of aromatic nitrogens is 2. The van der Waals surface area contributed by atoms with Gasteiger partial charge in [-0.25, -0.2) is 4.79 Å². The number of ether oxygens (including phenoxy) is 1.